The number of H-pyrrole nitrogens is 1. The molecule has 1 aromatic carbocycles. The maximum atomic E-state index is 13.8. The zero-order chi connectivity index (χ0) is 23.8. The summed E-state index contributed by atoms with van der Waals surface area (Å²) >= 11 is 0. The lowest BCUT2D eigenvalue weighted by atomic mass is 9.85. The highest BCUT2D eigenvalue weighted by molar-refractivity contribution is 6.19. The summed E-state index contributed by atoms with van der Waals surface area (Å²) in [6, 6.07) is 4.23. The van der Waals surface area contributed by atoms with Gasteiger partial charge in [0.1, 0.15) is 5.82 Å². The molecule has 3 rings (SSSR count). The van der Waals surface area contributed by atoms with E-state index in [-0.39, 0.29) is 36.6 Å². The minimum Gasteiger partial charge on any atom is -0.459 e. The molecule has 0 atom stereocenters. The molecule has 0 bridgehead atoms. The number of nitrogens with zero attached hydrogens (tertiary/aromatic N) is 2. The van der Waals surface area contributed by atoms with E-state index in [0.717, 1.165) is 0 Å². The lowest BCUT2D eigenvalue weighted by Gasteiger charge is -2.31. The van der Waals surface area contributed by atoms with Crippen LogP contribution < -0.4 is 0 Å². The molecule has 7 nitrogen and oxygen atoms in total. The molecule has 1 aliphatic rings. The van der Waals surface area contributed by atoms with Gasteiger partial charge in [0.05, 0.1) is 29.7 Å². The molecule has 2 aromatic rings. The number of aromatic nitrogens is 2. The number of rotatable bonds is 5. The molecule has 1 N–H and O–H groups in total. The standard InChI is InChI=1S/C24H30FN3O4/c1-13(2)32-23(30)20-18(11-31-7)28(22(29)16-8-9-17(25)14(3)10-16)12-24(5,6)21-19(20)15(4)26-27-21/h8-10,13H,11-12H2,1-7H3,(H,26,27). The van der Waals surface area contributed by atoms with E-state index >= 15 is 0 Å². The molecule has 172 valence electrons. The van der Waals surface area contributed by atoms with Crippen molar-refractivity contribution in [3.05, 3.63) is 57.8 Å². The number of carbonyl (C=O) groups excluding carboxylic acids is 2. The number of fused-ring (bicyclic) bond motifs is 1. The highest BCUT2D eigenvalue weighted by Crippen LogP contribution is 2.39. The summed E-state index contributed by atoms with van der Waals surface area (Å²) in [4.78, 5) is 28.5. The third-order valence-electron chi connectivity index (χ3n) is 5.48. The number of hydrogen-bond acceptors (Lipinski definition) is 5. The average Bonchev–Trinajstić information content (AvgIpc) is 3.04. The topological polar surface area (TPSA) is 84.5 Å². The van der Waals surface area contributed by atoms with E-state index in [9.17, 15) is 14.0 Å². The molecule has 0 fully saturated rings. The van der Waals surface area contributed by atoms with Gasteiger partial charge >= 0.3 is 5.97 Å². The Balaban J connectivity index is 2.28. The van der Waals surface area contributed by atoms with Gasteiger partial charge in [-0.1, -0.05) is 13.8 Å². The van der Waals surface area contributed by atoms with Crippen LogP contribution in [0.4, 0.5) is 4.39 Å². The summed E-state index contributed by atoms with van der Waals surface area (Å²) in [6.45, 7) is 11.1. The monoisotopic (exact) mass is 443 g/mol. The molecule has 1 aliphatic heterocycles. The van der Waals surface area contributed by atoms with Crippen molar-refractivity contribution in [2.45, 2.75) is 53.1 Å². The van der Waals surface area contributed by atoms with Gasteiger partial charge in [-0.05, 0) is 51.5 Å². The zero-order valence-electron chi connectivity index (χ0n) is 19.6. The summed E-state index contributed by atoms with van der Waals surface area (Å²) in [7, 11) is 1.50. The summed E-state index contributed by atoms with van der Waals surface area (Å²) in [5.41, 5.74) is 2.73. The SMILES string of the molecule is COCC1=C(C(=O)OC(C)C)c2c(n[nH]c2C)C(C)(C)CN1C(=O)c1ccc(F)c(C)c1. The number of halogens is 1. The van der Waals surface area contributed by atoms with Crippen molar-refractivity contribution >= 4 is 17.4 Å². The molecule has 1 aromatic heterocycles. The number of aryl methyl sites for hydroxylation is 2. The second-order valence-corrected chi connectivity index (χ2v) is 9.02. The van der Waals surface area contributed by atoms with Crippen LogP contribution in [-0.2, 0) is 19.7 Å². The van der Waals surface area contributed by atoms with E-state index in [1.807, 2.05) is 20.8 Å². The maximum absolute atomic E-state index is 13.8. The Hall–Kier alpha value is -3.00. The minimum absolute atomic E-state index is 0.00852. The summed E-state index contributed by atoms with van der Waals surface area (Å²) in [5, 5.41) is 7.45. The maximum Gasteiger partial charge on any atom is 0.341 e. The van der Waals surface area contributed by atoms with Crippen LogP contribution in [0, 0.1) is 19.7 Å². The fraction of sp³-hybridized carbons (Fsp3) is 0.458. The molecule has 0 saturated heterocycles. The van der Waals surface area contributed by atoms with Crippen LogP contribution in [0.5, 0.6) is 0 Å². The van der Waals surface area contributed by atoms with Crippen molar-refractivity contribution in [2.24, 2.45) is 0 Å². The first-order valence-electron chi connectivity index (χ1n) is 10.5. The van der Waals surface area contributed by atoms with Gasteiger partial charge in [-0.15, -0.1) is 0 Å². The van der Waals surface area contributed by atoms with Crippen molar-refractivity contribution in [1.29, 1.82) is 0 Å². The predicted octanol–water partition coefficient (Wildman–Crippen LogP) is 3.91. The first-order chi connectivity index (χ1) is 15.0. The van der Waals surface area contributed by atoms with Crippen molar-refractivity contribution in [1.82, 2.24) is 15.1 Å². The molecular formula is C24H30FN3O4. The molecule has 0 unspecified atom stereocenters. The molecule has 0 spiro atoms. The van der Waals surface area contributed by atoms with Crippen molar-refractivity contribution in [2.75, 3.05) is 20.3 Å². The molecule has 1 amide bonds. The fourth-order valence-electron chi connectivity index (χ4n) is 3.98. The van der Waals surface area contributed by atoms with Gasteiger partial charge in [0.25, 0.3) is 5.91 Å². The number of amides is 1. The van der Waals surface area contributed by atoms with E-state index in [4.69, 9.17) is 9.47 Å². The number of nitrogens with one attached hydrogen (secondary N) is 1. The fourth-order valence-corrected chi connectivity index (χ4v) is 3.98. The Bertz CT molecular complexity index is 1080. The number of carbonyl (C=O) groups is 2. The van der Waals surface area contributed by atoms with E-state index < -0.39 is 11.4 Å². The molecule has 0 radical (unpaired) electrons. The van der Waals surface area contributed by atoms with Gasteiger partial charge in [0.2, 0.25) is 0 Å². The van der Waals surface area contributed by atoms with Crippen LogP contribution in [0.15, 0.2) is 23.9 Å². The summed E-state index contributed by atoms with van der Waals surface area (Å²) in [6.07, 6.45) is -0.352. The number of esters is 1. The average molecular weight is 444 g/mol. The van der Waals surface area contributed by atoms with Crippen LogP contribution in [-0.4, -0.2) is 53.3 Å². The Morgan fingerprint density at radius 2 is 1.97 bits per heavy atom. The number of aromatic amines is 1. The lowest BCUT2D eigenvalue weighted by molar-refractivity contribution is -0.140. The van der Waals surface area contributed by atoms with Gasteiger partial charge in [0.15, 0.2) is 0 Å². The van der Waals surface area contributed by atoms with E-state index in [2.05, 4.69) is 10.2 Å². The van der Waals surface area contributed by atoms with Crippen LogP contribution in [0.2, 0.25) is 0 Å². The van der Waals surface area contributed by atoms with Crippen LogP contribution in [0.3, 0.4) is 0 Å². The second kappa shape index (κ2) is 8.86. The summed E-state index contributed by atoms with van der Waals surface area (Å²) < 4.78 is 24.8. The molecule has 32 heavy (non-hydrogen) atoms. The van der Waals surface area contributed by atoms with Gasteiger partial charge in [-0.25, -0.2) is 9.18 Å². The molecule has 2 heterocycles. The highest BCUT2D eigenvalue weighted by atomic mass is 19.1. The normalized spacial score (nSPS) is 15.6. The smallest absolute Gasteiger partial charge is 0.341 e. The number of methoxy groups -OCH3 is 1. The minimum atomic E-state index is -0.594. The number of ether oxygens (including phenoxy) is 2. The lowest BCUT2D eigenvalue weighted by Crippen LogP contribution is -2.41. The molecular weight excluding hydrogens is 413 g/mol. The second-order valence-electron chi connectivity index (χ2n) is 9.02. The first kappa shape index (κ1) is 23.7. The largest absolute Gasteiger partial charge is 0.459 e. The first-order valence-corrected chi connectivity index (χ1v) is 10.5. The van der Waals surface area contributed by atoms with Gasteiger partial charge < -0.3 is 14.4 Å². The Kier molecular flexibility index (Phi) is 6.55. The van der Waals surface area contributed by atoms with Crippen LogP contribution in [0.25, 0.3) is 5.57 Å². The van der Waals surface area contributed by atoms with Gasteiger partial charge in [-0.2, -0.15) is 5.10 Å². The highest BCUT2D eigenvalue weighted by Gasteiger charge is 2.41. The van der Waals surface area contributed by atoms with Crippen molar-refractivity contribution in [3.63, 3.8) is 0 Å². The molecule has 0 saturated carbocycles. The zero-order valence-corrected chi connectivity index (χ0v) is 19.6. The van der Waals surface area contributed by atoms with Gasteiger partial charge in [0, 0.05) is 35.9 Å². The predicted molar refractivity (Wildman–Crippen MR) is 119 cm³/mol. The van der Waals surface area contributed by atoms with Crippen LogP contribution in [0.1, 0.15) is 60.6 Å². The molecule has 0 aliphatic carbocycles. The third kappa shape index (κ3) is 4.32. The number of hydrogen-bond donors (Lipinski definition) is 1. The van der Waals surface area contributed by atoms with E-state index in [0.29, 0.717) is 33.8 Å². The Morgan fingerprint density at radius 3 is 2.56 bits per heavy atom. The van der Waals surface area contributed by atoms with E-state index in [1.165, 1.54) is 30.2 Å². The van der Waals surface area contributed by atoms with Gasteiger partial charge in [-0.3, -0.25) is 9.89 Å². The van der Waals surface area contributed by atoms with E-state index in [1.54, 1.807) is 20.8 Å². The Morgan fingerprint density at radius 1 is 1.28 bits per heavy atom. The number of benzene rings is 1. The van der Waals surface area contributed by atoms with Crippen LogP contribution >= 0.6 is 0 Å². The summed E-state index contributed by atoms with van der Waals surface area (Å²) in [5.74, 6) is -1.29. The molecule has 8 heteroatoms. The quantitative estimate of drug-likeness (QED) is 0.709. The third-order valence-corrected chi connectivity index (χ3v) is 5.48. The Labute approximate surface area is 187 Å². The van der Waals surface area contributed by atoms with Crippen molar-refractivity contribution < 1.29 is 23.5 Å². The van der Waals surface area contributed by atoms with Crippen molar-refractivity contribution in [3.8, 4) is 0 Å².